The van der Waals surface area contributed by atoms with Crippen LogP contribution in [-0.2, 0) is 17.8 Å². The molecule has 2 aromatic carbocycles. The van der Waals surface area contributed by atoms with Crippen LogP contribution in [0.2, 0.25) is 5.02 Å². The van der Waals surface area contributed by atoms with Gasteiger partial charge in [0.25, 0.3) is 5.78 Å². The van der Waals surface area contributed by atoms with E-state index in [1.54, 1.807) is 11.6 Å². The summed E-state index contributed by atoms with van der Waals surface area (Å²) < 4.78 is 6.94. The van der Waals surface area contributed by atoms with E-state index in [1.807, 2.05) is 48.5 Å². The molecule has 6 nitrogen and oxygen atoms in total. The van der Waals surface area contributed by atoms with Gasteiger partial charge < -0.3 is 10.1 Å². The van der Waals surface area contributed by atoms with Gasteiger partial charge in [-0.05, 0) is 23.6 Å². The minimum absolute atomic E-state index is 0.00806. The molecule has 0 amide bonds. The third-order valence-electron chi connectivity index (χ3n) is 4.50. The third kappa shape index (κ3) is 3.98. The first kappa shape index (κ1) is 18.4. The second-order valence-electron chi connectivity index (χ2n) is 6.44. The third-order valence-corrected chi connectivity index (χ3v) is 4.87. The maximum atomic E-state index is 6.42. The summed E-state index contributed by atoms with van der Waals surface area (Å²) in [4.78, 5) is 8.69. The molecular formula is C21H20ClN5O. The van der Waals surface area contributed by atoms with Crippen molar-refractivity contribution in [2.45, 2.75) is 19.1 Å². The predicted octanol–water partition coefficient (Wildman–Crippen LogP) is 4.32. The maximum Gasteiger partial charge on any atom is 0.254 e. The van der Waals surface area contributed by atoms with Gasteiger partial charge in [-0.3, -0.25) is 0 Å². The van der Waals surface area contributed by atoms with Gasteiger partial charge in [0.15, 0.2) is 0 Å². The van der Waals surface area contributed by atoms with Crippen molar-refractivity contribution in [1.29, 1.82) is 0 Å². The summed E-state index contributed by atoms with van der Waals surface area (Å²) in [6.07, 6.45) is 2.22. The normalized spacial score (nSPS) is 12.2. The van der Waals surface area contributed by atoms with Crippen molar-refractivity contribution in [2.24, 2.45) is 0 Å². The fraction of sp³-hybridized carbons (Fsp3) is 0.190. The van der Waals surface area contributed by atoms with Crippen LogP contribution in [-0.4, -0.2) is 26.7 Å². The molecule has 0 aliphatic heterocycles. The Bertz CT molecular complexity index is 1070. The molecule has 0 fully saturated rings. The minimum atomic E-state index is -0.00806. The van der Waals surface area contributed by atoms with Gasteiger partial charge in [-0.2, -0.15) is 14.6 Å². The Kier molecular flexibility index (Phi) is 5.50. The van der Waals surface area contributed by atoms with Crippen LogP contribution in [0.15, 0.2) is 67.0 Å². The highest BCUT2D eigenvalue weighted by atomic mass is 35.5. The number of aromatic nitrogens is 4. The van der Waals surface area contributed by atoms with Gasteiger partial charge in [-0.25, -0.2) is 4.98 Å². The molecule has 142 valence electrons. The monoisotopic (exact) mass is 393 g/mol. The number of anilines is 1. The van der Waals surface area contributed by atoms with E-state index in [2.05, 4.69) is 32.5 Å². The second-order valence-corrected chi connectivity index (χ2v) is 6.85. The minimum Gasteiger partial charge on any atom is -0.378 e. The van der Waals surface area contributed by atoms with Crippen LogP contribution in [0.5, 0.6) is 0 Å². The van der Waals surface area contributed by atoms with E-state index in [0.717, 1.165) is 34.1 Å². The van der Waals surface area contributed by atoms with Gasteiger partial charge in [-0.15, -0.1) is 0 Å². The summed E-state index contributed by atoms with van der Waals surface area (Å²) in [5.41, 5.74) is 3.02. The number of nitrogens with zero attached hydrogens (tertiary/aromatic N) is 4. The zero-order valence-corrected chi connectivity index (χ0v) is 16.2. The molecule has 28 heavy (non-hydrogen) atoms. The number of halogens is 1. The van der Waals surface area contributed by atoms with E-state index in [9.17, 15) is 0 Å². The Hall–Kier alpha value is -2.96. The molecule has 7 heteroatoms. The van der Waals surface area contributed by atoms with Gasteiger partial charge in [0.05, 0.1) is 18.3 Å². The number of benzene rings is 2. The molecule has 0 bridgehead atoms. The lowest BCUT2D eigenvalue weighted by Gasteiger charge is -2.22. The molecule has 1 unspecified atom stereocenters. The van der Waals surface area contributed by atoms with Crippen molar-refractivity contribution in [3.05, 3.63) is 88.8 Å². The summed E-state index contributed by atoms with van der Waals surface area (Å²) in [5, 5.41) is 8.67. The number of rotatable bonds is 7. The topological polar surface area (TPSA) is 64.3 Å². The summed E-state index contributed by atoms with van der Waals surface area (Å²) in [5.74, 6) is 1.33. The fourth-order valence-electron chi connectivity index (χ4n) is 3.19. The zero-order valence-electron chi connectivity index (χ0n) is 15.4. The number of methoxy groups -OCH3 is 1. The lowest BCUT2D eigenvalue weighted by molar-refractivity contribution is 0.181. The quantitative estimate of drug-likeness (QED) is 0.506. The van der Waals surface area contributed by atoms with E-state index in [0.29, 0.717) is 12.4 Å². The largest absolute Gasteiger partial charge is 0.378 e. The highest BCUT2D eigenvalue weighted by Crippen LogP contribution is 2.27. The maximum absolute atomic E-state index is 6.42. The first-order valence-corrected chi connectivity index (χ1v) is 9.36. The molecule has 1 atom stereocenters. The molecule has 0 saturated heterocycles. The number of fused-ring (bicyclic) bond motifs is 1. The molecule has 4 rings (SSSR count). The van der Waals surface area contributed by atoms with Gasteiger partial charge in [0, 0.05) is 18.2 Å². The van der Waals surface area contributed by atoms with Crippen LogP contribution >= 0.6 is 11.6 Å². The fourth-order valence-corrected chi connectivity index (χ4v) is 3.40. The van der Waals surface area contributed by atoms with E-state index >= 15 is 0 Å². The van der Waals surface area contributed by atoms with Gasteiger partial charge >= 0.3 is 0 Å². The van der Waals surface area contributed by atoms with Gasteiger partial charge in [-0.1, -0.05) is 60.1 Å². The average Bonchev–Trinajstić information content (AvgIpc) is 3.19. The van der Waals surface area contributed by atoms with Crippen molar-refractivity contribution in [2.75, 3.05) is 12.4 Å². The molecule has 4 aromatic rings. The van der Waals surface area contributed by atoms with Crippen molar-refractivity contribution in [1.82, 2.24) is 19.6 Å². The summed E-state index contributed by atoms with van der Waals surface area (Å²) in [7, 11) is 1.65. The average molecular weight is 394 g/mol. The van der Waals surface area contributed by atoms with E-state index in [-0.39, 0.29) is 6.04 Å². The van der Waals surface area contributed by atoms with Gasteiger partial charge in [0.1, 0.15) is 12.1 Å². The smallest absolute Gasteiger partial charge is 0.254 e. The van der Waals surface area contributed by atoms with Crippen LogP contribution in [0.4, 0.5) is 5.82 Å². The number of hydrogen-bond acceptors (Lipinski definition) is 5. The lowest BCUT2D eigenvalue weighted by Crippen LogP contribution is -2.17. The predicted molar refractivity (Wildman–Crippen MR) is 109 cm³/mol. The second kappa shape index (κ2) is 8.37. The number of hydrogen-bond donors (Lipinski definition) is 1. The molecule has 0 spiro atoms. The molecule has 2 heterocycles. The van der Waals surface area contributed by atoms with Crippen molar-refractivity contribution < 1.29 is 4.74 Å². The Morgan fingerprint density at radius 3 is 2.68 bits per heavy atom. The highest BCUT2D eigenvalue weighted by Gasteiger charge is 2.17. The van der Waals surface area contributed by atoms with Crippen LogP contribution in [0.1, 0.15) is 22.9 Å². The molecule has 0 saturated carbocycles. The number of ether oxygens (including phenoxy) is 1. The summed E-state index contributed by atoms with van der Waals surface area (Å²) in [6, 6.07) is 20.1. The van der Waals surface area contributed by atoms with Crippen molar-refractivity contribution >= 4 is 23.2 Å². The summed E-state index contributed by atoms with van der Waals surface area (Å²) >= 11 is 6.42. The van der Waals surface area contributed by atoms with E-state index in [1.165, 1.54) is 6.33 Å². The standard InChI is InChI=1S/C21H20ClN5O/c1-28-13-17-12-20(27-21(25-17)23-14-24-27)26-19(15-7-3-2-4-8-15)11-16-9-5-6-10-18(16)22/h2-10,12,14,19,26H,11,13H2,1H3. The highest BCUT2D eigenvalue weighted by molar-refractivity contribution is 6.31. The molecule has 0 radical (unpaired) electrons. The van der Waals surface area contributed by atoms with Crippen LogP contribution in [0, 0.1) is 0 Å². The van der Waals surface area contributed by atoms with Crippen LogP contribution in [0.3, 0.4) is 0 Å². The molecule has 2 aromatic heterocycles. The van der Waals surface area contributed by atoms with Crippen molar-refractivity contribution in [3.8, 4) is 0 Å². The van der Waals surface area contributed by atoms with Crippen LogP contribution in [0.25, 0.3) is 5.78 Å². The first-order chi connectivity index (χ1) is 13.7. The number of nitrogens with one attached hydrogen (secondary N) is 1. The first-order valence-electron chi connectivity index (χ1n) is 8.98. The zero-order chi connectivity index (χ0) is 19.3. The molecular weight excluding hydrogens is 374 g/mol. The molecule has 0 aliphatic carbocycles. The summed E-state index contributed by atoms with van der Waals surface area (Å²) in [6.45, 7) is 0.401. The van der Waals surface area contributed by atoms with E-state index in [4.69, 9.17) is 16.3 Å². The lowest BCUT2D eigenvalue weighted by atomic mass is 9.98. The van der Waals surface area contributed by atoms with E-state index < -0.39 is 0 Å². The Morgan fingerprint density at radius 2 is 1.89 bits per heavy atom. The Balaban J connectivity index is 1.73. The molecule has 1 N–H and O–H groups in total. The van der Waals surface area contributed by atoms with Crippen LogP contribution < -0.4 is 5.32 Å². The Morgan fingerprint density at radius 1 is 1.11 bits per heavy atom. The SMILES string of the molecule is COCc1cc(NC(Cc2ccccc2Cl)c2ccccc2)n2ncnc2n1. The Labute approximate surface area is 168 Å². The van der Waals surface area contributed by atoms with Gasteiger partial charge in [0.2, 0.25) is 0 Å². The van der Waals surface area contributed by atoms with Crippen molar-refractivity contribution in [3.63, 3.8) is 0 Å². The molecule has 0 aliphatic rings.